The number of benzene rings is 1. The Morgan fingerprint density at radius 1 is 1.15 bits per heavy atom. The van der Waals surface area contributed by atoms with Crippen molar-refractivity contribution in [1.82, 2.24) is 14.9 Å². The average molecular weight is 470 g/mol. The number of hydrogen-bond donors (Lipinski definition) is 2. The van der Waals surface area contributed by atoms with E-state index in [1.165, 1.54) is 4.88 Å². The van der Waals surface area contributed by atoms with Gasteiger partial charge in [0.25, 0.3) is 5.91 Å². The predicted octanol–water partition coefficient (Wildman–Crippen LogP) is 6.06. The first-order chi connectivity index (χ1) is 15.9. The summed E-state index contributed by atoms with van der Waals surface area (Å²) in [6.07, 6.45) is 4.14. The van der Waals surface area contributed by atoms with Crippen LogP contribution in [0.3, 0.4) is 0 Å². The van der Waals surface area contributed by atoms with Crippen molar-refractivity contribution >= 4 is 34.2 Å². The SMILES string of the molecule is CCC(CC)n1c(Cc2cccs2)nc2cc(C(=O)NC(CCC(=O)O)[C@@H](C)CC)ccc21. The van der Waals surface area contributed by atoms with Gasteiger partial charge >= 0.3 is 5.97 Å². The summed E-state index contributed by atoms with van der Waals surface area (Å²) < 4.78 is 2.34. The van der Waals surface area contributed by atoms with Crippen LogP contribution in [0.25, 0.3) is 11.0 Å². The summed E-state index contributed by atoms with van der Waals surface area (Å²) in [6.45, 7) is 8.49. The second-order valence-electron chi connectivity index (χ2n) is 8.73. The van der Waals surface area contributed by atoms with Crippen LogP contribution < -0.4 is 5.32 Å². The van der Waals surface area contributed by atoms with Crippen molar-refractivity contribution in [2.75, 3.05) is 0 Å². The smallest absolute Gasteiger partial charge is 0.303 e. The summed E-state index contributed by atoms with van der Waals surface area (Å²) in [4.78, 5) is 30.3. The molecule has 0 radical (unpaired) electrons. The van der Waals surface area contributed by atoms with E-state index in [0.29, 0.717) is 18.0 Å². The van der Waals surface area contributed by atoms with Gasteiger partial charge < -0.3 is 15.0 Å². The Morgan fingerprint density at radius 3 is 2.52 bits per heavy atom. The average Bonchev–Trinajstić information content (AvgIpc) is 3.44. The molecular weight excluding hydrogens is 434 g/mol. The minimum atomic E-state index is -0.843. The van der Waals surface area contributed by atoms with Gasteiger partial charge in [0.05, 0.1) is 11.0 Å². The highest BCUT2D eigenvalue weighted by molar-refractivity contribution is 7.09. The molecule has 6 nitrogen and oxygen atoms in total. The number of amides is 1. The second-order valence-corrected chi connectivity index (χ2v) is 9.76. The maximum absolute atomic E-state index is 13.1. The molecule has 178 valence electrons. The van der Waals surface area contributed by atoms with Crippen molar-refractivity contribution in [3.05, 3.63) is 52.0 Å². The number of imidazole rings is 1. The van der Waals surface area contributed by atoms with Gasteiger partial charge in [-0.1, -0.05) is 40.2 Å². The number of nitrogens with zero attached hydrogens (tertiary/aromatic N) is 2. The lowest BCUT2D eigenvalue weighted by molar-refractivity contribution is -0.137. The van der Waals surface area contributed by atoms with Crippen molar-refractivity contribution in [2.45, 2.75) is 78.3 Å². The Kier molecular flexibility index (Phi) is 8.67. The minimum absolute atomic E-state index is 0.0419. The van der Waals surface area contributed by atoms with Gasteiger partial charge in [0.15, 0.2) is 0 Å². The highest BCUT2D eigenvalue weighted by Gasteiger charge is 2.22. The molecule has 0 aliphatic carbocycles. The number of carbonyl (C=O) groups is 2. The first kappa shape index (κ1) is 25.0. The van der Waals surface area contributed by atoms with E-state index < -0.39 is 5.97 Å². The fourth-order valence-corrected chi connectivity index (χ4v) is 5.06. The molecule has 0 saturated carbocycles. The lowest BCUT2D eigenvalue weighted by Gasteiger charge is -2.24. The van der Waals surface area contributed by atoms with E-state index in [1.807, 2.05) is 25.1 Å². The van der Waals surface area contributed by atoms with E-state index in [-0.39, 0.29) is 24.3 Å². The molecule has 1 amide bonds. The molecule has 2 aromatic heterocycles. The number of nitrogens with one attached hydrogen (secondary N) is 1. The van der Waals surface area contributed by atoms with E-state index in [9.17, 15) is 9.59 Å². The summed E-state index contributed by atoms with van der Waals surface area (Å²) in [7, 11) is 0. The molecule has 1 unspecified atom stereocenters. The molecule has 0 aliphatic rings. The number of carbonyl (C=O) groups excluding carboxylic acids is 1. The first-order valence-corrected chi connectivity index (χ1v) is 12.8. The summed E-state index contributed by atoms with van der Waals surface area (Å²) in [5, 5.41) is 14.2. The molecule has 0 fully saturated rings. The van der Waals surface area contributed by atoms with Gasteiger partial charge in [-0.15, -0.1) is 11.3 Å². The Balaban J connectivity index is 1.91. The largest absolute Gasteiger partial charge is 0.481 e. The number of carboxylic acid groups (broad SMARTS) is 1. The Morgan fingerprint density at radius 2 is 1.91 bits per heavy atom. The fraction of sp³-hybridized carbons (Fsp3) is 0.500. The molecule has 3 aromatic rings. The van der Waals surface area contributed by atoms with Crippen molar-refractivity contribution in [2.24, 2.45) is 5.92 Å². The molecule has 2 N–H and O–H groups in total. The van der Waals surface area contributed by atoms with Gasteiger partial charge in [0, 0.05) is 35.4 Å². The molecule has 0 aliphatic heterocycles. The van der Waals surface area contributed by atoms with Crippen LogP contribution in [0.2, 0.25) is 0 Å². The van der Waals surface area contributed by atoms with Gasteiger partial charge in [-0.3, -0.25) is 9.59 Å². The van der Waals surface area contributed by atoms with Gasteiger partial charge in [-0.05, 0) is 54.8 Å². The number of hydrogen-bond acceptors (Lipinski definition) is 4. The second kappa shape index (κ2) is 11.5. The predicted molar refractivity (Wildman–Crippen MR) is 134 cm³/mol. The molecule has 0 bridgehead atoms. The minimum Gasteiger partial charge on any atom is -0.481 e. The van der Waals surface area contributed by atoms with Gasteiger partial charge in [-0.25, -0.2) is 4.98 Å². The van der Waals surface area contributed by atoms with Crippen molar-refractivity contribution < 1.29 is 14.7 Å². The standard InChI is InChI=1S/C26H35N3O3S/c1-5-17(4)21(11-13-25(30)31)28-26(32)18-10-12-23-22(15-18)27-24(16-20-9-8-14-33-20)29(23)19(6-2)7-3/h8-10,12,14-15,17,19,21H,5-7,11,13,16H2,1-4H3,(H,28,32)(H,30,31)/t17-,21?/m0/s1. The monoisotopic (exact) mass is 469 g/mol. The van der Waals surface area contributed by atoms with Crippen LogP contribution in [-0.2, 0) is 11.2 Å². The molecular formula is C26H35N3O3S. The molecule has 33 heavy (non-hydrogen) atoms. The molecule has 2 heterocycles. The molecule has 7 heteroatoms. The zero-order chi connectivity index (χ0) is 24.0. The topological polar surface area (TPSA) is 84.2 Å². The van der Waals surface area contributed by atoms with E-state index in [4.69, 9.17) is 10.1 Å². The highest BCUT2D eigenvalue weighted by Crippen LogP contribution is 2.28. The maximum Gasteiger partial charge on any atom is 0.303 e. The number of fused-ring (bicyclic) bond motifs is 1. The van der Waals surface area contributed by atoms with Crippen LogP contribution in [0, 0.1) is 5.92 Å². The zero-order valence-corrected chi connectivity index (χ0v) is 20.8. The van der Waals surface area contributed by atoms with Gasteiger partial charge in [0.2, 0.25) is 0 Å². The van der Waals surface area contributed by atoms with Gasteiger partial charge in [-0.2, -0.15) is 0 Å². The summed E-state index contributed by atoms with van der Waals surface area (Å²) in [5.41, 5.74) is 2.44. The number of aromatic nitrogens is 2. The quantitative estimate of drug-likeness (QED) is 0.338. The van der Waals surface area contributed by atoms with E-state index in [0.717, 1.165) is 42.5 Å². The molecule has 1 aromatic carbocycles. The Labute approximate surface area is 200 Å². The zero-order valence-electron chi connectivity index (χ0n) is 20.0. The van der Waals surface area contributed by atoms with Crippen LogP contribution in [0.5, 0.6) is 0 Å². The normalized spacial score (nSPS) is 13.4. The Bertz CT molecular complexity index is 1070. The van der Waals surface area contributed by atoms with Crippen LogP contribution in [0.4, 0.5) is 0 Å². The number of rotatable bonds is 12. The highest BCUT2D eigenvalue weighted by atomic mass is 32.1. The Hall–Kier alpha value is -2.67. The molecule has 3 rings (SSSR count). The summed E-state index contributed by atoms with van der Waals surface area (Å²) in [6, 6.07) is 10.1. The van der Waals surface area contributed by atoms with E-state index >= 15 is 0 Å². The number of thiophene rings is 1. The van der Waals surface area contributed by atoms with Crippen LogP contribution in [0.15, 0.2) is 35.7 Å². The maximum atomic E-state index is 13.1. The molecule has 0 spiro atoms. The third-order valence-electron chi connectivity index (χ3n) is 6.56. The van der Waals surface area contributed by atoms with Crippen LogP contribution in [0.1, 0.15) is 86.9 Å². The van der Waals surface area contributed by atoms with Gasteiger partial charge in [0.1, 0.15) is 5.82 Å². The third-order valence-corrected chi connectivity index (χ3v) is 7.44. The van der Waals surface area contributed by atoms with Crippen molar-refractivity contribution in [1.29, 1.82) is 0 Å². The molecule has 2 atom stereocenters. The lowest BCUT2D eigenvalue weighted by Crippen LogP contribution is -2.39. The molecule has 0 saturated heterocycles. The van der Waals surface area contributed by atoms with Crippen LogP contribution in [-0.4, -0.2) is 32.6 Å². The van der Waals surface area contributed by atoms with E-state index in [2.05, 4.69) is 48.2 Å². The number of carboxylic acids is 1. The fourth-order valence-electron chi connectivity index (χ4n) is 4.36. The van der Waals surface area contributed by atoms with Crippen molar-refractivity contribution in [3.8, 4) is 0 Å². The third kappa shape index (κ3) is 6.02. The lowest BCUT2D eigenvalue weighted by atomic mass is 9.94. The number of aliphatic carboxylic acids is 1. The van der Waals surface area contributed by atoms with Crippen molar-refractivity contribution in [3.63, 3.8) is 0 Å². The summed E-state index contributed by atoms with van der Waals surface area (Å²) >= 11 is 1.73. The summed E-state index contributed by atoms with van der Waals surface area (Å²) in [5.74, 6) is 0.204. The van der Waals surface area contributed by atoms with Crippen LogP contribution >= 0.6 is 11.3 Å². The van der Waals surface area contributed by atoms with E-state index in [1.54, 1.807) is 11.3 Å². The first-order valence-electron chi connectivity index (χ1n) is 11.9.